The molecule has 0 spiro atoms. The molecule has 0 unspecified atom stereocenters. The number of benzene rings is 1. The molecule has 20 heavy (non-hydrogen) atoms. The van der Waals surface area contributed by atoms with Crippen molar-refractivity contribution < 1.29 is 12.8 Å². The highest BCUT2D eigenvalue weighted by Crippen LogP contribution is 2.27. The van der Waals surface area contributed by atoms with Crippen molar-refractivity contribution in [2.75, 3.05) is 17.1 Å². The second-order valence-corrected chi connectivity index (χ2v) is 6.29. The van der Waals surface area contributed by atoms with Gasteiger partial charge in [-0.25, -0.2) is 9.37 Å². The molecule has 0 radical (unpaired) electrons. The van der Waals surface area contributed by atoms with Gasteiger partial charge in [0.2, 0.25) is 0 Å². The van der Waals surface area contributed by atoms with E-state index in [2.05, 4.69) is 31.0 Å². The largest absolute Gasteiger partial charge is 0.386 e. The van der Waals surface area contributed by atoms with Crippen molar-refractivity contribution in [1.29, 1.82) is 0 Å². The Hall–Kier alpha value is -1.67. The Morgan fingerprint density at radius 3 is 2.70 bits per heavy atom. The van der Waals surface area contributed by atoms with Gasteiger partial charge in [-0.15, -0.1) is 0 Å². The van der Waals surface area contributed by atoms with Crippen LogP contribution in [0.1, 0.15) is 0 Å². The number of aromatic nitrogens is 1. The number of hydrogen-bond acceptors (Lipinski definition) is 4. The minimum Gasteiger partial charge on any atom is -0.386 e. The van der Waals surface area contributed by atoms with Crippen LogP contribution in [-0.4, -0.2) is 20.4 Å². The number of halogens is 2. The van der Waals surface area contributed by atoms with Crippen molar-refractivity contribution in [3.8, 4) is 0 Å². The minimum absolute atomic E-state index is 0.109. The minimum atomic E-state index is -3.92. The summed E-state index contributed by atoms with van der Waals surface area (Å²) in [4.78, 5) is 3.85. The Kier molecular flexibility index (Phi) is 4.24. The maximum Gasteiger partial charge on any atom is 0.281 e. The fourth-order valence-electron chi connectivity index (χ4n) is 1.56. The third kappa shape index (κ3) is 3.07. The second kappa shape index (κ2) is 5.76. The van der Waals surface area contributed by atoms with Crippen LogP contribution in [0.25, 0.3) is 0 Å². The normalized spacial score (nSPS) is 11.2. The van der Waals surface area contributed by atoms with Crippen molar-refractivity contribution >= 4 is 37.3 Å². The molecule has 0 saturated carbocycles. The lowest BCUT2D eigenvalue weighted by atomic mass is 10.3. The van der Waals surface area contributed by atoms with Crippen LogP contribution in [0.2, 0.25) is 0 Å². The maximum atomic E-state index is 13.2. The molecule has 1 aromatic carbocycles. The van der Waals surface area contributed by atoms with Crippen LogP contribution in [0.3, 0.4) is 0 Å². The number of nitrogens with one attached hydrogen (secondary N) is 2. The Balaban J connectivity index is 2.43. The van der Waals surface area contributed by atoms with E-state index in [0.717, 1.165) is 6.07 Å². The third-order valence-corrected chi connectivity index (χ3v) is 4.48. The number of pyridine rings is 1. The van der Waals surface area contributed by atoms with Gasteiger partial charge in [0.05, 0.1) is 11.4 Å². The first-order valence-corrected chi connectivity index (χ1v) is 7.82. The highest BCUT2D eigenvalue weighted by Gasteiger charge is 2.21. The highest BCUT2D eigenvalue weighted by molar-refractivity contribution is 9.10. The van der Waals surface area contributed by atoms with E-state index < -0.39 is 15.8 Å². The third-order valence-electron chi connectivity index (χ3n) is 2.47. The summed E-state index contributed by atoms with van der Waals surface area (Å²) in [5.41, 5.74) is 0.463. The van der Waals surface area contributed by atoms with E-state index >= 15 is 0 Å². The average Bonchev–Trinajstić information content (AvgIpc) is 2.42. The molecule has 8 heteroatoms. The van der Waals surface area contributed by atoms with E-state index in [4.69, 9.17) is 0 Å². The van der Waals surface area contributed by atoms with Crippen LogP contribution in [0.5, 0.6) is 0 Å². The second-order valence-electron chi connectivity index (χ2n) is 3.84. The van der Waals surface area contributed by atoms with Crippen molar-refractivity contribution in [2.45, 2.75) is 5.03 Å². The summed E-state index contributed by atoms with van der Waals surface area (Å²) in [6, 6.07) is 6.93. The highest BCUT2D eigenvalue weighted by atomic mass is 79.9. The molecule has 1 heterocycles. The number of sulfonamides is 1. The number of hydrogen-bond donors (Lipinski definition) is 2. The number of nitrogens with zero attached hydrogens (tertiary/aromatic N) is 1. The van der Waals surface area contributed by atoms with Gasteiger partial charge < -0.3 is 5.32 Å². The predicted octanol–water partition coefficient (Wildman–Crippen LogP) is 2.83. The zero-order valence-electron chi connectivity index (χ0n) is 10.4. The standard InChI is InChI=1S/C12H11BrFN3O2S/c1-15-10-3-2-6-16-12(10)20(18,19)17-11-7-8(14)4-5-9(11)13/h2-7,15,17H,1H3. The first-order valence-electron chi connectivity index (χ1n) is 5.54. The van der Waals surface area contributed by atoms with E-state index in [1.807, 2.05) is 0 Å². The fraction of sp³-hybridized carbons (Fsp3) is 0.0833. The zero-order valence-corrected chi connectivity index (χ0v) is 12.8. The van der Waals surface area contributed by atoms with Crippen LogP contribution in [0, 0.1) is 5.82 Å². The molecule has 0 bridgehead atoms. The quantitative estimate of drug-likeness (QED) is 0.880. The topological polar surface area (TPSA) is 71.1 Å². The van der Waals surface area contributed by atoms with Crippen molar-refractivity contribution in [3.05, 3.63) is 46.8 Å². The van der Waals surface area contributed by atoms with Crippen LogP contribution in [0.15, 0.2) is 46.0 Å². The number of anilines is 2. The Labute approximate surface area is 124 Å². The molecule has 0 aliphatic carbocycles. The molecule has 0 amide bonds. The SMILES string of the molecule is CNc1cccnc1S(=O)(=O)Nc1cc(F)ccc1Br. The van der Waals surface area contributed by atoms with Gasteiger partial charge in [-0.2, -0.15) is 8.42 Å². The van der Waals surface area contributed by atoms with Crippen LogP contribution in [0.4, 0.5) is 15.8 Å². The summed E-state index contributed by atoms with van der Waals surface area (Å²) >= 11 is 3.16. The molecule has 5 nitrogen and oxygen atoms in total. The molecular weight excluding hydrogens is 349 g/mol. The van der Waals surface area contributed by atoms with E-state index in [9.17, 15) is 12.8 Å². The van der Waals surface area contributed by atoms with Gasteiger partial charge in [-0.1, -0.05) is 0 Å². The average molecular weight is 360 g/mol. The molecule has 2 rings (SSSR count). The van der Waals surface area contributed by atoms with Crippen LogP contribution < -0.4 is 10.0 Å². The van der Waals surface area contributed by atoms with Gasteiger partial charge in [-0.05, 0) is 46.3 Å². The molecule has 0 aliphatic heterocycles. The van der Waals surface area contributed by atoms with Gasteiger partial charge in [0, 0.05) is 17.7 Å². The summed E-state index contributed by atoms with van der Waals surface area (Å²) in [5, 5.41) is 2.59. The maximum absolute atomic E-state index is 13.2. The number of rotatable bonds is 4. The predicted molar refractivity (Wildman–Crippen MR) is 78.7 cm³/mol. The summed E-state index contributed by atoms with van der Waals surface area (Å²) in [6.45, 7) is 0. The van der Waals surface area contributed by atoms with E-state index in [0.29, 0.717) is 10.2 Å². The van der Waals surface area contributed by atoms with Gasteiger partial charge in [0.25, 0.3) is 10.0 Å². The molecule has 2 N–H and O–H groups in total. The van der Waals surface area contributed by atoms with Gasteiger partial charge in [-0.3, -0.25) is 4.72 Å². The Bertz CT molecular complexity index is 737. The summed E-state index contributed by atoms with van der Waals surface area (Å²) in [7, 11) is -2.32. The van der Waals surface area contributed by atoms with E-state index in [1.165, 1.54) is 18.3 Å². The fourth-order valence-corrected chi connectivity index (χ4v) is 3.26. The molecule has 106 valence electrons. The first kappa shape index (κ1) is 14.7. The smallest absolute Gasteiger partial charge is 0.281 e. The summed E-state index contributed by atoms with van der Waals surface area (Å²) in [6.07, 6.45) is 1.37. The molecular formula is C12H11BrFN3O2S. The Morgan fingerprint density at radius 1 is 1.25 bits per heavy atom. The molecule has 0 aliphatic rings. The van der Waals surface area contributed by atoms with E-state index in [1.54, 1.807) is 19.2 Å². The molecule has 1 aromatic heterocycles. The molecule has 0 saturated heterocycles. The lowest BCUT2D eigenvalue weighted by Crippen LogP contribution is -2.16. The molecule has 2 aromatic rings. The lowest BCUT2D eigenvalue weighted by molar-refractivity contribution is 0.598. The Morgan fingerprint density at radius 2 is 2.00 bits per heavy atom. The van der Waals surface area contributed by atoms with Crippen molar-refractivity contribution in [1.82, 2.24) is 4.98 Å². The van der Waals surface area contributed by atoms with Crippen LogP contribution in [-0.2, 0) is 10.0 Å². The van der Waals surface area contributed by atoms with Gasteiger partial charge >= 0.3 is 0 Å². The van der Waals surface area contributed by atoms with Gasteiger partial charge in [0.15, 0.2) is 5.03 Å². The lowest BCUT2D eigenvalue weighted by Gasteiger charge is -2.12. The monoisotopic (exact) mass is 359 g/mol. The molecule has 0 fully saturated rings. The van der Waals surface area contributed by atoms with Crippen molar-refractivity contribution in [3.63, 3.8) is 0 Å². The molecule has 0 atom stereocenters. The summed E-state index contributed by atoms with van der Waals surface area (Å²) < 4.78 is 40.5. The summed E-state index contributed by atoms with van der Waals surface area (Å²) in [5.74, 6) is -0.541. The first-order chi connectivity index (χ1) is 9.44. The van der Waals surface area contributed by atoms with Crippen LogP contribution >= 0.6 is 15.9 Å². The zero-order chi connectivity index (χ0) is 14.8. The van der Waals surface area contributed by atoms with Crippen molar-refractivity contribution in [2.24, 2.45) is 0 Å². The van der Waals surface area contributed by atoms with Gasteiger partial charge in [0.1, 0.15) is 5.82 Å². The van der Waals surface area contributed by atoms with E-state index in [-0.39, 0.29) is 10.7 Å².